The van der Waals surface area contributed by atoms with Crippen molar-refractivity contribution in [3.8, 4) is 0 Å². The molecule has 3 heteroatoms. The van der Waals surface area contributed by atoms with Crippen molar-refractivity contribution >= 4 is 11.7 Å². The molecule has 98 valence electrons. The van der Waals surface area contributed by atoms with Gasteiger partial charge in [-0.1, -0.05) is 38.5 Å². The van der Waals surface area contributed by atoms with Crippen LogP contribution in [0.1, 0.15) is 40.2 Å². The SMILES string of the molecule is CC(C)=CNC(=O)Nc1ccc(C(C)(C)C)cc1. The number of hydrogen-bond donors (Lipinski definition) is 2. The summed E-state index contributed by atoms with van der Waals surface area (Å²) in [5.41, 5.74) is 3.22. The maximum absolute atomic E-state index is 11.5. The summed E-state index contributed by atoms with van der Waals surface area (Å²) in [5, 5.41) is 5.44. The predicted molar refractivity (Wildman–Crippen MR) is 76.7 cm³/mol. The number of benzene rings is 1. The number of urea groups is 1. The molecule has 2 N–H and O–H groups in total. The number of rotatable bonds is 2. The molecule has 1 aromatic rings. The molecular weight excluding hydrogens is 224 g/mol. The monoisotopic (exact) mass is 246 g/mol. The van der Waals surface area contributed by atoms with Crippen LogP contribution in [0.15, 0.2) is 36.0 Å². The van der Waals surface area contributed by atoms with E-state index in [2.05, 4.69) is 31.4 Å². The number of amides is 2. The zero-order chi connectivity index (χ0) is 13.8. The summed E-state index contributed by atoms with van der Waals surface area (Å²) >= 11 is 0. The minimum absolute atomic E-state index is 0.128. The molecule has 0 spiro atoms. The first kappa shape index (κ1) is 14.3. The molecule has 0 heterocycles. The highest BCUT2D eigenvalue weighted by molar-refractivity contribution is 5.89. The van der Waals surface area contributed by atoms with Crippen molar-refractivity contribution in [2.24, 2.45) is 0 Å². The lowest BCUT2D eigenvalue weighted by molar-refractivity contribution is 0.255. The van der Waals surface area contributed by atoms with Gasteiger partial charge >= 0.3 is 6.03 Å². The number of nitrogens with one attached hydrogen (secondary N) is 2. The van der Waals surface area contributed by atoms with E-state index in [0.29, 0.717) is 0 Å². The van der Waals surface area contributed by atoms with Crippen molar-refractivity contribution in [1.82, 2.24) is 5.32 Å². The molecule has 0 aliphatic heterocycles. The summed E-state index contributed by atoms with van der Waals surface area (Å²) < 4.78 is 0. The van der Waals surface area contributed by atoms with Gasteiger partial charge in [0.1, 0.15) is 0 Å². The summed E-state index contributed by atoms with van der Waals surface area (Å²) in [4.78, 5) is 11.5. The highest BCUT2D eigenvalue weighted by Gasteiger charge is 2.12. The second-order valence-electron chi connectivity index (χ2n) is 5.65. The van der Waals surface area contributed by atoms with Crippen LogP contribution in [0.2, 0.25) is 0 Å². The first-order valence-corrected chi connectivity index (χ1v) is 6.10. The summed E-state index contributed by atoms with van der Waals surface area (Å²) in [5.74, 6) is 0. The van der Waals surface area contributed by atoms with Crippen molar-refractivity contribution < 1.29 is 4.79 Å². The van der Waals surface area contributed by atoms with Gasteiger partial charge in [0.15, 0.2) is 0 Å². The number of carbonyl (C=O) groups is 1. The van der Waals surface area contributed by atoms with Crippen LogP contribution >= 0.6 is 0 Å². The Morgan fingerprint density at radius 1 is 1.11 bits per heavy atom. The highest BCUT2D eigenvalue weighted by atomic mass is 16.2. The van der Waals surface area contributed by atoms with Crippen LogP contribution in [-0.4, -0.2) is 6.03 Å². The van der Waals surface area contributed by atoms with E-state index >= 15 is 0 Å². The Hall–Kier alpha value is -1.77. The molecule has 0 radical (unpaired) electrons. The fraction of sp³-hybridized carbons (Fsp3) is 0.400. The van der Waals surface area contributed by atoms with Crippen molar-refractivity contribution in [3.05, 3.63) is 41.6 Å². The quantitative estimate of drug-likeness (QED) is 0.812. The van der Waals surface area contributed by atoms with Crippen molar-refractivity contribution in [2.45, 2.75) is 40.0 Å². The van der Waals surface area contributed by atoms with Gasteiger partial charge in [0.2, 0.25) is 0 Å². The highest BCUT2D eigenvalue weighted by Crippen LogP contribution is 2.23. The van der Waals surface area contributed by atoms with Crippen LogP contribution in [0.4, 0.5) is 10.5 Å². The molecule has 0 saturated carbocycles. The van der Waals surface area contributed by atoms with E-state index in [1.54, 1.807) is 6.20 Å². The maximum atomic E-state index is 11.5. The van der Waals surface area contributed by atoms with E-state index in [0.717, 1.165) is 11.3 Å². The molecule has 0 atom stereocenters. The van der Waals surface area contributed by atoms with E-state index < -0.39 is 0 Å². The minimum atomic E-state index is -0.222. The van der Waals surface area contributed by atoms with E-state index in [1.165, 1.54) is 5.56 Å². The van der Waals surface area contributed by atoms with Crippen LogP contribution in [0.25, 0.3) is 0 Å². The van der Waals surface area contributed by atoms with Gasteiger partial charge in [-0.15, -0.1) is 0 Å². The van der Waals surface area contributed by atoms with Crippen molar-refractivity contribution in [2.75, 3.05) is 5.32 Å². The summed E-state index contributed by atoms with van der Waals surface area (Å²) in [6.07, 6.45) is 1.68. The normalized spacial score (nSPS) is 10.7. The van der Waals surface area contributed by atoms with Gasteiger partial charge in [0.25, 0.3) is 0 Å². The molecule has 3 nitrogen and oxygen atoms in total. The number of allylic oxidation sites excluding steroid dienone is 1. The van der Waals surface area contributed by atoms with Crippen LogP contribution in [-0.2, 0) is 5.41 Å². The average Bonchev–Trinajstić information content (AvgIpc) is 2.26. The summed E-state index contributed by atoms with van der Waals surface area (Å²) in [6, 6.07) is 7.69. The Balaban J connectivity index is 2.64. The molecule has 0 fully saturated rings. The second kappa shape index (κ2) is 5.71. The van der Waals surface area contributed by atoms with Gasteiger partial charge in [-0.3, -0.25) is 0 Å². The largest absolute Gasteiger partial charge is 0.323 e. The molecule has 0 aliphatic rings. The van der Waals surface area contributed by atoms with Crippen molar-refractivity contribution in [3.63, 3.8) is 0 Å². The molecule has 1 aromatic carbocycles. The van der Waals surface area contributed by atoms with E-state index in [9.17, 15) is 4.79 Å². The number of anilines is 1. The molecule has 0 unspecified atom stereocenters. The third-order valence-electron chi connectivity index (χ3n) is 2.50. The lowest BCUT2D eigenvalue weighted by atomic mass is 9.87. The molecular formula is C15H22N2O. The standard InChI is InChI=1S/C15H22N2O/c1-11(2)10-16-14(18)17-13-8-6-12(7-9-13)15(3,4)5/h6-10H,1-5H3,(H2,16,17,18). The first-order chi connectivity index (χ1) is 8.29. The van der Waals surface area contributed by atoms with Crippen LogP contribution in [0.3, 0.4) is 0 Å². The molecule has 18 heavy (non-hydrogen) atoms. The van der Waals surface area contributed by atoms with Gasteiger partial charge in [-0.05, 0) is 37.0 Å². The molecule has 0 bridgehead atoms. The fourth-order valence-electron chi connectivity index (χ4n) is 1.43. The van der Waals surface area contributed by atoms with Crippen molar-refractivity contribution in [1.29, 1.82) is 0 Å². The van der Waals surface area contributed by atoms with Gasteiger partial charge in [0, 0.05) is 11.9 Å². The van der Waals surface area contributed by atoms with Crippen LogP contribution < -0.4 is 10.6 Å². The Morgan fingerprint density at radius 2 is 1.67 bits per heavy atom. The summed E-state index contributed by atoms with van der Waals surface area (Å²) in [7, 11) is 0. The van der Waals surface area contributed by atoms with Gasteiger partial charge in [-0.2, -0.15) is 0 Å². The predicted octanol–water partition coefficient (Wildman–Crippen LogP) is 4.03. The summed E-state index contributed by atoms with van der Waals surface area (Å²) in [6.45, 7) is 10.3. The van der Waals surface area contributed by atoms with Crippen LogP contribution in [0, 0.1) is 0 Å². The van der Waals surface area contributed by atoms with E-state index in [4.69, 9.17) is 0 Å². The van der Waals surface area contributed by atoms with Crippen LogP contribution in [0.5, 0.6) is 0 Å². The Kier molecular flexibility index (Phi) is 4.54. The second-order valence-corrected chi connectivity index (χ2v) is 5.65. The topological polar surface area (TPSA) is 41.1 Å². The number of hydrogen-bond acceptors (Lipinski definition) is 1. The third kappa shape index (κ3) is 4.62. The van der Waals surface area contributed by atoms with E-state index in [1.807, 2.05) is 38.1 Å². The fourth-order valence-corrected chi connectivity index (χ4v) is 1.43. The molecule has 1 rings (SSSR count). The van der Waals surface area contributed by atoms with Gasteiger partial charge in [-0.25, -0.2) is 4.79 Å². The number of carbonyl (C=O) groups excluding carboxylic acids is 1. The average molecular weight is 246 g/mol. The van der Waals surface area contributed by atoms with E-state index in [-0.39, 0.29) is 11.4 Å². The maximum Gasteiger partial charge on any atom is 0.323 e. The molecule has 0 aromatic heterocycles. The third-order valence-corrected chi connectivity index (χ3v) is 2.50. The molecule has 0 saturated heterocycles. The molecule has 0 aliphatic carbocycles. The lowest BCUT2D eigenvalue weighted by Crippen LogP contribution is -2.24. The zero-order valence-electron chi connectivity index (χ0n) is 11.8. The Bertz CT molecular complexity index is 435. The zero-order valence-corrected chi connectivity index (χ0v) is 11.8. The minimum Gasteiger partial charge on any atom is -0.314 e. The van der Waals surface area contributed by atoms with Gasteiger partial charge in [0.05, 0.1) is 0 Å². The van der Waals surface area contributed by atoms with Gasteiger partial charge < -0.3 is 10.6 Å². The molecule has 2 amide bonds. The lowest BCUT2D eigenvalue weighted by Gasteiger charge is -2.19. The smallest absolute Gasteiger partial charge is 0.314 e. The Labute approximate surface area is 109 Å². The first-order valence-electron chi connectivity index (χ1n) is 6.10. The Morgan fingerprint density at radius 3 is 2.11 bits per heavy atom.